The summed E-state index contributed by atoms with van der Waals surface area (Å²) in [6.07, 6.45) is 5.63. The number of aromatic nitrogens is 2. The lowest BCUT2D eigenvalue weighted by Crippen LogP contribution is -3.14. The molecule has 28 heavy (non-hydrogen) atoms. The Hall–Kier alpha value is -2.53. The highest BCUT2D eigenvalue weighted by Crippen LogP contribution is 2.29. The second-order valence-corrected chi connectivity index (χ2v) is 7.88. The molecule has 1 N–H and O–H groups in total. The normalized spacial score (nSPS) is 20.6. The number of nitrogens with zero attached hydrogens (tertiary/aromatic N) is 3. The Morgan fingerprint density at radius 1 is 1.14 bits per heavy atom. The molecule has 5 heteroatoms. The summed E-state index contributed by atoms with van der Waals surface area (Å²) in [6, 6.07) is 10.2. The van der Waals surface area contributed by atoms with Gasteiger partial charge in [-0.1, -0.05) is 42.5 Å². The summed E-state index contributed by atoms with van der Waals surface area (Å²) in [5, 5.41) is 0. The molecule has 0 radical (unpaired) electrons. The van der Waals surface area contributed by atoms with Gasteiger partial charge in [0.1, 0.15) is 0 Å². The maximum Gasteiger partial charge on any atom is 0.226 e. The van der Waals surface area contributed by atoms with Crippen LogP contribution in [0.4, 0.5) is 5.95 Å². The van der Waals surface area contributed by atoms with Crippen molar-refractivity contribution in [1.82, 2.24) is 9.97 Å². The van der Waals surface area contributed by atoms with Crippen molar-refractivity contribution >= 4 is 17.8 Å². The molecule has 0 amide bonds. The van der Waals surface area contributed by atoms with Gasteiger partial charge in [0, 0.05) is 6.42 Å². The van der Waals surface area contributed by atoms with E-state index in [2.05, 4.69) is 36.1 Å². The number of piperazine rings is 1. The van der Waals surface area contributed by atoms with E-state index in [4.69, 9.17) is 9.97 Å². The zero-order valence-electron chi connectivity index (χ0n) is 16.8. The van der Waals surface area contributed by atoms with Crippen LogP contribution in [0.2, 0.25) is 0 Å². The molecule has 4 rings (SSSR count). The van der Waals surface area contributed by atoms with E-state index in [0.29, 0.717) is 6.42 Å². The van der Waals surface area contributed by atoms with E-state index in [1.54, 1.807) is 4.90 Å². The van der Waals surface area contributed by atoms with Gasteiger partial charge >= 0.3 is 0 Å². The number of anilines is 1. The third-order valence-corrected chi connectivity index (χ3v) is 5.95. The number of carbonyl (C=O) groups excluding carboxylic acids is 1. The number of benzene rings is 1. The topological polar surface area (TPSA) is 50.5 Å². The number of aryl methyl sites for hydroxylation is 1. The maximum absolute atomic E-state index is 12.8. The number of quaternary nitrogens is 1. The van der Waals surface area contributed by atoms with Gasteiger partial charge in [0.25, 0.3) is 0 Å². The van der Waals surface area contributed by atoms with E-state index in [1.807, 2.05) is 25.1 Å². The highest BCUT2D eigenvalue weighted by atomic mass is 16.1. The van der Waals surface area contributed by atoms with Crippen LogP contribution in [-0.2, 0) is 6.42 Å². The van der Waals surface area contributed by atoms with E-state index in [9.17, 15) is 4.79 Å². The Morgan fingerprint density at radius 2 is 1.89 bits per heavy atom. The average molecular weight is 378 g/mol. The second-order valence-electron chi connectivity index (χ2n) is 7.88. The van der Waals surface area contributed by atoms with Crippen LogP contribution in [0.1, 0.15) is 40.7 Å². The van der Waals surface area contributed by atoms with Gasteiger partial charge in [0.05, 0.1) is 49.7 Å². The quantitative estimate of drug-likeness (QED) is 0.885. The number of ketones is 1. The van der Waals surface area contributed by atoms with Crippen LogP contribution < -0.4 is 9.80 Å². The fraction of sp³-hybridized carbons (Fsp3) is 0.435. The molecule has 0 unspecified atom stereocenters. The second kappa shape index (κ2) is 8.23. The van der Waals surface area contributed by atoms with E-state index in [1.165, 1.54) is 6.54 Å². The van der Waals surface area contributed by atoms with Crippen molar-refractivity contribution in [3.8, 4) is 0 Å². The standard InChI is InChI=1S/C23H28N4O/c1-3-26-11-13-27(14-12-26)23-24-17(2)22-20(25-23)15-19(16-21(22)28)10-9-18-7-5-4-6-8-18/h4-10,19H,3,11-16H2,1-2H3/p+1/b10-9+/t19-/m1/s1. The van der Waals surface area contributed by atoms with Crippen molar-refractivity contribution in [2.75, 3.05) is 37.6 Å². The molecule has 1 aromatic heterocycles. The van der Waals surface area contributed by atoms with Crippen molar-refractivity contribution < 1.29 is 9.69 Å². The van der Waals surface area contributed by atoms with Crippen LogP contribution in [0.25, 0.3) is 6.08 Å². The van der Waals surface area contributed by atoms with E-state index < -0.39 is 0 Å². The molecule has 1 fully saturated rings. The Balaban J connectivity index is 1.54. The fourth-order valence-electron chi connectivity index (χ4n) is 4.25. The monoisotopic (exact) mass is 377 g/mol. The Kier molecular flexibility index (Phi) is 5.53. The van der Waals surface area contributed by atoms with Gasteiger partial charge in [-0.05, 0) is 31.7 Å². The molecular formula is C23H29N4O+. The van der Waals surface area contributed by atoms with Gasteiger partial charge in [-0.25, -0.2) is 9.97 Å². The molecule has 5 nitrogen and oxygen atoms in total. The number of nitrogens with one attached hydrogen (secondary N) is 1. The summed E-state index contributed by atoms with van der Waals surface area (Å²) in [5.74, 6) is 1.17. The molecule has 0 bridgehead atoms. The fourth-order valence-corrected chi connectivity index (χ4v) is 4.25. The van der Waals surface area contributed by atoms with Crippen LogP contribution in [0.5, 0.6) is 0 Å². The van der Waals surface area contributed by atoms with Crippen molar-refractivity contribution in [2.45, 2.75) is 26.7 Å². The largest absolute Gasteiger partial charge is 0.332 e. The van der Waals surface area contributed by atoms with Gasteiger partial charge < -0.3 is 9.80 Å². The van der Waals surface area contributed by atoms with Gasteiger partial charge in [-0.3, -0.25) is 4.79 Å². The molecule has 0 saturated carbocycles. The number of rotatable bonds is 4. The lowest BCUT2D eigenvalue weighted by atomic mass is 9.85. The minimum Gasteiger partial charge on any atom is -0.332 e. The number of Topliss-reactive ketones (excluding diaryl/α,β-unsaturated/α-hetero) is 1. The molecule has 2 aromatic rings. The van der Waals surface area contributed by atoms with Gasteiger partial charge in [-0.2, -0.15) is 0 Å². The minimum absolute atomic E-state index is 0.174. The van der Waals surface area contributed by atoms with Gasteiger partial charge in [0.2, 0.25) is 5.95 Å². The zero-order valence-corrected chi connectivity index (χ0v) is 16.8. The van der Waals surface area contributed by atoms with Crippen LogP contribution >= 0.6 is 0 Å². The Labute approximate surface area is 167 Å². The summed E-state index contributed by atoms with van der Waals surface area (Å²) >= 11 is 0. The van der Waals surface area contributed by atoms with Gasteiger partial charge in [0.15, 0.2) is 5.78 Å². The first-order chi connectivity index (χ1) is 13.6. The first kappa shape index (κ1) is 18.8. The number of allylic oxidation sites excluding steroid dienone is 1. The third-order valence-electron chi connectivity index (χ3n) is 5.95. The molecule has 1 atom stereocenters. The number of hydrogen-bond acceptors (Lipinski definition) is 4. The number of likely N-dealkylation sites (N-methyl/N-ethyl adjacent to an activating group) is 1. The lowest BCUT2D eigenvalue weighted by Gasteiger charge is -2.32. The first-order valence-corrected chi connectivity index (χ1v) is 10.4. The Bertz CT molecular complexity index is 870. The molecule has 0 spiro atoms. The molecule has 146 valence electrons. The average Bonchev–Trinajstić information content (AvgIpc) is 2.72. The predicted octanol–water partition coefficient (Wildman–Crippen LogP) is 1.97. The SMILES string of the molecule is CC[NH+]1CCN(c2nc(C)c3c(n2)C[C@@H](/C=C/c2ccccc2)CC3=O)CC1. The van der Waals surface area contributed by atoms with Crippen LogP contribution in [0.15, 0.2) is 36.4 Å². The predicted molar refractivity (Wildman–Crippen MR) is 112 cm³/mol. The molecule has 1 aliphatic carbocycles. The van der Waals surface area contributed by atoms with Crippen LogP contribution in [-0.4, -0.2) is 48.5 Å². The molecule has 2 aliphatic rings. The van der Waals surface area contributed by atoms with Crippen molar-refractivity contribution in [2.24, 2.45) is 5.92 Å². The smallest absolute Gasteiger partial charge is 0.226 e. The minimum atomic E-state index is 0.174. The number of carbonyl (C=O) groups is 1. The van der Waals surface area contributed by atoms with Gasteiger partial charge in [-0.15, -0.1) is 0 Å². The molecule has 1 aromatic carbocycles. The molecule has 2 heterocycles. The third kappa shape index (κ3) is 3.99. The van der Waals surface area contributed by atoms with Crippen molar-refractivity contribution in [3.63, 3.8) is 0 Å². The lowest BCUT2D eigenvalue weighted by molar-refractivity contribution is -0.898. The highest BCUT2D eigenvalue weighted by molar-refractivity contribution is 5.99. The first-order valence-electron chi connectivity index (χ1n) is 10.4. The highest BCUT2D eigenvalue weighted by Gasteiger charge is 2.29. The maximum atomic E-state index is 12.8. The van der Waals surface area contributed by atoms with Crippen LogP contribution in [0, 0.1) is 12.8 Å². The summed E-state index contributed by atoms with van der Waals surface area (Å²) < 4.78 is 0. The zero-order chi connectivity index (χ0) is 19.5. The summed E-state index contributed by atoms with van der Waals surface area (Å²) in [6.45, 7) is 9.56. The summed E-state index contributed by atoms with van der Waals surface area (Å²) in [7, 11) is 0. The van der Waals surface area contributed by atoms with Crippen LogP contribution in [0.3, 0.4) is 0 Å². The number of fused-ring (bicyclic) bond motifs is 1. The molecule has 1 aliphatic heterocycles. The molecule has 1 saturated heterocycles. The summed E-state index contributed by atoms with van der Waals surface area (Å²) in [5.41, 5.74) is 3.68. The van der Waals surface area contributed by atoms with Crippen molar-refractivity contribution in [1.29, 1.82) is 0 Å². The van der Waals surface area contributed by atoms with Crippen molar-refractivity contribution in [3.05, 3.63) is 58.9 Å². The van der Waals surface area contributed by atoms with E-state index >= 15 is 0 Å². The van der Waals surface area contributed by atoms with E-state index in [0.717, 1.165) is 61.1 Å². The number of hydrogen-bond donors (Lipinski definition) is 1. The summed E-state index contributed by atoms with van der Waals surface area (Å²) in [4.78, 5) is 26.2. The Morgan fingerprint density at radius 3 is 2.61 bits per heavy atom. The molecular weight excluding hydrogens is 348 g/mol. The van der Waals surface area contributed by atoms with E-state index in [-0.39, 0.29) is 11.7 Å².